The van der Waals surface area contributed by atoms with Crippen LogP contribution in [0.3, 0.4) is 0 Å². The first-order valence-electron chi connectivity index (χ1n) is 8.94. The molecule has 0 heterocycles. The Labute approximate surface area is 153 Å². The van der Waals surface area contributed by atoms with E-state index >= 15 is 0 Å². The largest absolute Gasteiger partial charge is 0.474 e. The fourth-order valence-electron chi connectivity index (χ4n) is 1.31. The van der Waals surface area contributed by atoms with Gasteiger partial charge in [-0.05, 0) is 40.0 Å². The smallest absolute Gasteiger partial charge is 0.287 e. The zero-order chi connectivity index (χ0) is 19.6. The van der Waals surface area contributed by atoms with Gasteiger partial charge in [0.25, 0.3) is 0 Å². The molecule has 10 heteroatoms. The third-order valence-corrected chi connectivity index (χ3v) is 5.44. The number of phosphoric acid groups is 2. The summed E-state index contributed by atoms with van der Waals surface area (Å²) in [4.78, 5) is 0. The first kappa shape index (κ1) is 27.4. The summed E-state index contributed by atoms with van der Waals surface area (Å²) in [6.07, 6.45) is 2.40. The van der Waals surface area contributed by atoms with E-state index in [9.17, 15) is 9.13 Å². The molecule has 0 radical (unpaired) electrons. The molecule has 0 spiro atoms. The van der Waals surface area contributed by atoms with Gasteiger partial charge in [-0.15, -0.1) is 0 Å². The highest BCUT2D eigenvalue weighted by atomic mass is 31.2. The van der Waals surface area contributed by atoms with Gasteiger partial charge in [-0.1, -0.05) is 20.8 Å². The first-order chi connectivity index (χ1) is 11.9. The molecule has 0 aromatic rings. The molecule has 0 N–H and O–H groups in total. The number of hydrogen-bond acceptors (Lipinski definition) is 8. The van der Waals surface area contributed by atoms with Gasteiger partial charge in [0, 0.05) is 0 Å². The van der Waals surface area contributed by atoms with Gasteiger partial charge in [0.15, 0.2) is 0 Å². The monoisotopic (exact) mass is 406 g/mol. The van der Waals surface area contributed by atoms with Gasteiger partial charge in [0.1, 0.15) is 0 Å². The zero-order valence-electron chi connectivity index (χ0n) is 16.5. The van der Waals surface area contributed by atoms with Crippen LogP contribution in [0.15, 0.2) is 0 Å². The summed E-state index contributed by atoms with van der Waals surface area (Å²) >= 11 is 0. The van der Waals surface area contributed by atoms with E-state index in [1.165, 1.54) is 0 Å². The molecule has 0 aromatic carbocycles. The van der Waals surface area contributed by atoms with Crippen molar-refractivity contribution >= 4 is 15.6 Å². The van der Waals surface area contributed by atoms with Crippen molar-refractivity contribution in [2.24, 2.45) is 0 Å². The topological polar surface area (TPSA) is 89.5 Å². The second kappa shape index (κ2) is 17.6. The Morgan fingerprint density at radius 3 is 0.920 bits per heavy atom. The molecule has 0 aromatic heterocycles. The molecule has 0 saturated heterocycles. The Balaban J connectivity index is 0. The van der Waals surface area contributed by atoms with Crippen LogP contribution in [0.4, 0.5) is 0 Å². The lowest BCUT2D eigenvalue weighted by Crippen LogP contribution is -2.02. The molecule has 0 unspecified atom stereocenters. The summed E-state index contributed by atoms with van der Waals surface area (Å²) in [6, 6.07) is 0. The lowest BCUT2D eigenvalue weighted by molar-refractivity contribution is 0.113. The van der Waals surface area contributed by atoms with Crippen molar-refractivity contribution in [2.75, 3.05) is 39.6 Å². The summed E-state index contributed by atoms with van der Waals surface area (Å²) in [5, 5.41) is 0. The summed E-state index contributed by atoms with van der Waals surface area (Å²) < 4.78 is 52.9. The van der Waals surface area contributed by atoms with E-state index < -0.39 is 15.6 Å². The van der Waals surface area contributed by atoms with Crippen molar-refractivity contribution in [1.29, 1.82) is 0 Å². The Hall–Kier alpha value is 0.220. The molecule has 0 rings (SSSR count). The first-order valence-corrected chi connectivity index (χ1v) is 11.9. The van der Waals surface area contributed by atoms with Crippen molar-refractivity contribution in [1.82, 2.24) is 0 Å². The highest BCUT2D eigenvalue weighted by Gasteiger charge is 2.25. The summed E-state index contributed by atoms with van der Waals surface area (Å²) in [6.45, 7) is 13.3. The molecule has 0 atom stereocenters. The normalized spacial score (nSPS) is 11.9. The molecular weight excluding hydrogens is 370 g/mol. The second-order valence-corrected chi connectivity index (χ2v) is 7.99. The molecule has 0 saturated carbocycles. The van der Waals surface area contributed by atoms with Gasteiger partial charge < -0.3 is 0 Å². The van der Waals surface area contributed by atoms with E-state index in [0.717, 1.165) is 19.3 Å². The molecule has 0 aliphatic rings. The number of hydrogen-bond donors (Lipinski definition) is 0. The van der Waals surface area contributed by atoms with Crippen molar-refractivity contribution in [3.63, 3.8) is 0 Å². The quantitative estimate of drug-likeness (QED) is 0.326. The van der Waals surface area contributed by atoms with Crippen LogP contribution in [-0.4, -0.2) is 39.6 Å². The third kappa shape index (κ3) is 16.1. The molecular formula is C15H36O8P2. The molecule has 0 aliphatic carbocycles. The summed E-state index contributed by atoms with van der Waals surface area (Å²) in [5.41, 5.74) is 0. The molecule has 0 amide bonds. The highest BCUT2D eigenvalue weighted by molar-refractivity contribution is 7.48. The minimum absolute atomic E-state index is 0.331. The standard InChI is InChI=1S/C9H21O4P.C6H15O4P/c1-4-7-11-14(10,12-8-5-2)13-9-6-3;1-4-8-11(7,9-5-2)10-6-3/h4-9H2,1-3H3;4-6H2,1-3H3. The van der Waals surface area contributed by atoms with Crippen molar-refractivity contribution < 1.29 is 36.3 Å². The zero-order valence-corrected chi connectivity index (χ0v) is 18.3. The fourth-order valence-corrected chi connectivity index (χ4v) is 3.92. The van der Waals surface area contributed by atoms with Gasteiger partial charge in [0.2, 0.25) is 0 Å². The van der Waals surface area contributed by atoms with Crippen LogP contribution >= 0.6 is 15.6 Å². The molecule has 0 bridgehead atoms. The van der Waals surface area contributed by atoms with E-state index in [2.05, 4.69) is 0 Å². The van der Waals surface area contributed by atoms with Crippen LogP contribution in [0, 0.1) is 0 Å². The van der Waals surface area contributed by atoms with Gasteiger partial charge in [-0.25, -0.2) is 9.13 Å². The maximum Gasteiger partial charge on any atom is 0.474 e. The maximum absolute atomic E-state index is 11.8. The van der Waals surface area contributed by atoms with Crippen molar-refractivity contribution in [3.05, 3.63) is 0 Å². The minimum Gasteiger partial charge on any atom is -0.287 e. The van der Waals surface area contributed by atoms with Crippen LogP contribution in [0.2, 0.25) is 0 Å². The maximum atomic E-state index is 11.8. The van der Waals surface area contributed by atoms with Crippen LogP contribution in [-0.2, 0) is 36.3 Å². The van der Waals surface area contributed by atoms with Gasteiger partial charge in [-0.3, -0.25) is 27.1 Å². The number of rotatable bonds is 15. The van der Waals surface area contributed by atoms with Crippen LogP contribution in [0.5, 0.6) is 0 Å². The van der Waals surface area contributed by atoms with E-state index in [1.54, 1.807) is 20.8 Å². The predicted octanol–water partition coefficient (Wildman–Crippen LogP) is 5.58. The third-order valence-electron chi connectivity index (χ3n) is 2.22. The van der Waals surface area contributed by atoms with Crippen molar-refractivity contribution in [2.45, 2.75) is 60.8 Å². The van der Waals surface area contributed by atoms with E-state index in [4.69, 9.17) is 27.1 Å². The van der Waals surface area contributed by atoms with Gasteiger partial charge in [0.05, 0.1) is 39.6 Å². The Morgan fingerprint density at radius 2 is 0.720 bits per heavy atom. The summed E-state index contributed by atoms with van der Waals surface area (Å²) in [5.74, 6) is 0. The molecule has 154 valence electrons. The predicted molar refractivity (Wildman–Crippen MR) is 98.8 cm³/mol. The highest BCUT2D eigenvalue weighted by Crippen LogP contribution is 2.50. The molecule has 8 nitrogen and oxygen atoms in total. The Bertz CT molecular complexity index is 326. The van der Waals surface area contributed by atoms with Crippen LogP contribution < -0.4 is 0 Å². The van der Waals surface area contributed by atoms with Gasteiger partial charge >= 0.3 is 15.6 Å². The average Bonchev–Trinajstić information content (AvgIpc) is 2.58. The number of phosphoric ester groups is 2. The lowest BCUT2D eigenvalue weighted by atomic mass is 10.5. The molecule has 0 aliphatic heterocycles. The van der Waals surface area contributed by atoms with Crippen LogP contribution in [0.25, 0.3) is 0 Å². The summed E-state index contributed by atoms with van der Waals surface area (Å²) in [7, 11) is -6.49. The Kier molecular flexibility index (Phi) is 19.3. The van der Waals surface area contributed by atoms with E-state index in [1.807, 2.05) is 20.8 Å². The van der Waals surface area contributed by atoms with Crippen LogP contribution in [0.1, 0.15) is 60.8 Å². The molecule has 0 fully saturated rings. The minimum atomic E-state index is -3.27. The fraction of sp³-hybridized carbons (Fsp3) is 1.00. The average molecular weight is 406 g/mol. The lowest BCUT2D eigenvalue weighted by Gasteiger charge is -2.16. The molecule has 25 heavy (non-hydrogen) atoms. The van der Waals surface area contributed by atoms with Gasteiger partial charge in [-0.2, -0.15) is 0 Å². The SMILES string of the molecule is CCCOP(=O)(OCCC)OCCC.CCOP(=O)(OCC)OCC. The Morgan fingerprint density at radius 1 is 0.480 bits per heavy atom. The second-order valence-electron chi connectivity index (χ2n) is 4.65. The van der Waals surface area contributed by atoms with E-state index in [-0.39, 0.29) is 0 Å². The van der Waals surface area contributed by atoms with Crippen molar-refractivity contribution in [3.8, 4) is 0 Å². The van der Waals surface area contributed by atoms with E-state index in [0.29, 0.717) is 39.6 Å².